The number of fused-ring (bicyclic) bond motifs is 1. The van der Waals surface area contributed by atoms with Gasteiger partial charge >= 0.3 is 0 Å². The molecule has 0 saturated carbocycles. The fourth-order valence-electron chi connectivity index (χ4n) is 1.33. The first-order valence-corrected chi connectivity index (χ1v) is 4.82. The van der Waals surface area contributed by atoms with Gasteiger partial charge in [0.05, 0.1) is 16.7 Å². The summed E-state index contributed by atoms with van der Waals surface area (Å²) in [5, 5.41) is 0.274. The van der Waals surface area contributed by atoms with E-state index in [2.05, 4.69) is 9.97 Å². The van der Waals surface area contributed by atoms with Crippen molar-refractivity contribution in [1.82, 2.24) is 9.97 Å². The fraction of sp³-hybridized carbons (Fsp3) is 0.200. The molecule has 2 rings (SSSR count). The summed E-state index contributed by atoms with van der Waals surface area (Å²) in [7, 11) is 0. The molecule has 1 aromatic heterocycles. The number of nitrogens with two attached hydrogens (primary N) is 1. The van der Waals surface area contributed by atoms with Crippen LogP contribution in [-0.4, -0.2) is 9.97 Å². The van der Waals surface area contributed by atoms with Gasteiger partial charge in [-0.2, -0.15) is 0 Å². The number of benzene rings is 1. The van der Waals surface area contributed by atoms with Crippen molar-refractivity contribution in [2.75, 3.05) is 0 Å². The highest BCUT2D eigenvalue weighted by molar-refractivity contribution is 6.30. The van der Waals surface area contributed by atoms with Crippen molar-refractivity contribution in [1.29, 1.82) is 0 Å². The van der Waals surface area contributed by atoms with Gasteiger partial charge in [0.1, 0.15) is 5.82 Å². The first-order valence-electron chi connectivity index (χ1n) is 4.44. The van der Waals surface area contributed by atoms with E-state index in [1.165, 1.54) is 6.07 Å². The van der Waals surface area contributed by atoms with Gasteiger partial charge in [-0.1, -0.05) is 11.6 Å². The maximum Gasteiger partial charge on any atom is 0.152 e. The van der Waals surface area contributed by atoms with Crippen molar-refractivity contribution in [3.8, 4) is 0 Å². The molecule has 0 aliphatic carbocycles. The smallest absolute Gasteiger partial charge is 0.152 e. The van der Waals surface area contributed by atoms with Crippen LogP contribution in [0.5, 0.6) is 0 Å². The summed E-state index contributed by atoms with van der Waals surface area (Å²) in [5.74, 6) is -0.304. The topological polar surface area (TPSA) is 51.8 Å². The highest BCUT2D eigenvalue weighted by Crippen LogP contribution is 2.19. The Morgan fingerprint density at radius 2 is 2.00 bits per heavy atom. The van der Waals surface area contributed by atoms with Crippen molar-refractivity contribution >= 4 is 22.6 Å². The van der Waals surface area contributed by atoms with E-state index in [0.29, 0.717) is 22.3 Å². The van der Waals surface area contributed by atoms with Gasteiger partial charge in [0.2, 0.25) is 0 Å². The lowest BCUT2D eigenvalue weighted by Gasteiger charge is -2.04. The molecule has 0 aliphatic rings. The average Bonchev–Trinajstić information content (AvgIpc) is 2.20. The maximum atomic E-state index is 13.3. The van der Waals surface area contributed by atoms with Gasteiger partial charge in [-0.05, 0) is 18.6 Å². The zero-order chi connectivity index (χ0) is 11.0. The van der Waals surface area contributed by atoms with Gasteiger partial charge in [-0.15, -0.1) is 0 Å². The molecular weight excluding hydrogens is 217 g/mol. The van der Waals surface area contributed by atoms with Crippen LogP contribution in [0.1, 0.15) is 11.3 Å². The fourth-order valence-corrected chi connectivity index (χ4v) is 1.54. The van der Waals surface area contributed by atoms with Gasteiger partial charge in [-0.3, -0.25) is 0 Å². The van der Waals surface area contributed by atoms with Crippen LogP contribution in [0, 0.1) is 12.7 Å². The van der Waals surface area contributed by atoms with Crippen molar-refractivity contribution < 1.29 is 4.39 Å². The molecule has 0 fully saturated rings. The Balaban J connectivity index is 2.76. The van der Waals surface area contributed by atoms with E-state index >= 15 is 0 Å². The zero-order valence-corrected chi connectivity index (χ0v) is 8.85. The van der Waals surface area contributed by atoms with Crippen LogP contribution in [0.2, 0.25) is 5.15 Å². The zero-order valence-electron chi connectivity index (χ0n) is 8.09. The number of halogens is 2. The van der Waals surface area contributed by atoms with E-state index < -0.39 is 0 Å². The van der Waals surface area contributed by atoms with Crippen LogP contribution < -0.4 is 5.73 Å². The summed E-state index contributed by atoms with van der Waals surface area (Å²) < 4.78 is 13.3. The normalized spacial score (nSPS) is 10.9. The SMILES string of the molecule is Cc1cc2nc(Cl)c(CN)nc2cc1F. The van der Waals surface area contributed by atoms with Gasteiger partial charge in [0, 0.05) is 12.6 Å². The number of aryl methyl sites for hydroxylation is 1. The third-order valence-electron chi connectivity index (χ3n) is 2.16. The number of hydrogen-bond acceptors (Lipinski definition) is 3. The molecule has 0 aliphatic heterocycles. The van der Waals surface area contributed by atoms with E-state index in [-0.39, 0.29) is 17.5 Å². The third kappa shape index (κ3) is 1.78. The molecule has 78 valence electrons. The lowest BCUT2D eigenvalue weighted by Crippen LogP contribution is -2.03. The molecule has 2 N–H and O–H groups in total. The van der Waals surface area contributed by atoms with Crippen LogP contribution >= 0.6 is 11.6 Å². The summed E-state index contributed by atoms with van der Waals surface area (Å²) in [6.45, 7) is 1.86. The van der Waals surface area contributed by atoms with E-state index in [1.807, 2.05) is 0 Å². The number of nitrogens with zero attached hydrogens (tertiary/aromatic N) is 2. The molecule has 0 unspecified atom stereocenters. The van der Waals surface area contributed by atoms with Gasteiger partial charge in [0.15, 0.2) is 5.15 Å². The molecular formula is C10H9ClFN3. The highest BCUT2D eigenvalue weighted by atomic mass is 35.5. The van der Waals surface area contributed by atoms with E-state index in [0.717, 1.165) is 0 Å². The summed E-state index contributed by atoms with van der Waals surface area (Å²) in [5.41, 5.74) is 7.48. The van der Waals surface area contributed by atoms with Gasteiger partial charge in [0.25, 0.3) is 0 Å². The minimum atomic E-state index is -0.304. The summed E-state index contributed by atoms with van der Waals surface area (Å²) >= 11 is 5.85. The van der Waals surface area contributed by atoms with E-state index in [1.54, 1.807) is 13.0 Å². The second kappa shape index (κ2) is 3.72. The number of hydrogen-bond donors (Lipinski definition) is 1. The van der Waals surface area contributed by atoms with Crippen LogP contribution in [-0.2, 0) is 6.54 Å². The summed E-state index contributed by atoms with van der Waals surface area (Å²) in [6, 6.07) is 2.96. The lowest BCUT2D eigenvalue weighted by molar-refractivity contribution is 0.620. The van der Waals surface area contributed by atoms with Crippen LogP contribution in [0.25, 0.3) is 11.0 Å². The first-order chi connectivity index (χ1) is 7.11. The highest BCUT2D eigenvalue weighted by Gasteiger charge is 2.07. The quantitative estimate of drug-likeness (QED) is 0.810. The van der Waals surface area contributed by atoms with Crippen LogP contribution in [0.15, 0.2) is 12.1 Å². The predicted molar refractivity (Wildman–Crippen MR) is 57.1 cm³/mol. The second-order valence-electron chi connectivity index (χ2n) is 3.26. The molecule has 2 aromatic rings. The Kier molecular flexibility index (Phi) is 2.54. The van der Waals surface area contributed by atoms with Crippen LogP contribution in [0.3, 0.4) is 0 Å². The minimum absolute atomic E-state index is 0.192. The Labute approximate surface area is 91.1 Å². The maximum absolute atomic E-state index is 13.3. The van der Waals surface area contributed by atoms with E-state index in [9.17, 15) is 4.39 Å². The third-order valence-corrected chi connectivity index (χ3v) is 2.46. The van der Waals surface area contributed by atoms with Gasteiger partial charge < -0.3 is 5.73 Å². The van der Waals surface area contributed by atoms with E-state index in [4.69, 9.17) is 17.3 Å². The Morgan fingerprint density at radius 1 is 1.33 bits per heavy atom. The predicted octanol–water partition coefficient (Wildman–Crippen LogP) is 2.19. The molecule has 1 aromatic carbocycles. The lowest BCUT2D eigenvalue weighted by atomic mass is 10.2. The Hall–Kier alpha value is -1.26. The largest absolute Gasteiger partial charge is 0.325 e. The van der Waals surface area contributed by atoms with Crippen molar-refractivity contribution in [3.05, 3.63) is 34.4 Å². The molecule has 0 bridgehead atoms. The van der Waals surface area contributed by atoms with Crippen molar-refractivity contribution in [2.45, 2.75) is 13.5 Å². The monoisotopic (exact) mass is 225 g/mol. The molecule has 0 saturated heterocycles. The molecule has 3 nitrogen and oxygen atoms in total. The molecule has 15 heavy (non-hydrogen) atoms. The van der Waals surface area contributed by atoms with Crippen molar-refractivity contribution in [3.63, 3.8) is 0 Å². The standard InChI is InChI=1S/C10H9ClFN3/c1-5-2-7-8(3-6(5)12)14-9(4-13)10(11)15-7/h2-3H,4,13H2,1H3. The molecule has 0 amide bonds. The molecule has 0 radical (unpaired) electrons. The summed E-state index contributed by atoms with van der Waals surface area (Å²) in [4.78, 5) is 8.24. The second-order valence-corrected chi connectivity index (χ2v) is 3.61. The summed E-state index contributed by atoms with van der Waals surface area (Å²) in [6.07, 6.45) is 0. The Bertz CT molecular complexity index is 528. The molecule has 0 spiro atoms. The number of aromatic nitrogens is 2. The Morgan fingerprint density at radius 3 is 2.67 bits per heavy atom. The molecule has 5 heteroatoms. The average molecular weight is 226 g/mol. The minimum Gasteiger partial charge on any atom is -0.325 e. The molecule has 0 atom stereocenters. The van der Waals surface area contributed by atoms with Gasteiger partial charge in [-0.25, -0.2) is 14.4 Å². The number of rotatable bonds is 1. The van der Waals surface area contributed by atoms with Crippen LogP contribution in [0.4, 0.5) is 4.39 Å². The first kappa shape index (κ1) is 10.3. The molecule has 1 heterocycles. The van der Waals surface area contributed by atoms with Crippen molar-refractivity contribution in [2.24, 2.45) is 5.73 Å².